The highest BCUT2D eigenvalue weighted by molar-refractivity contribution is 7.87. The van der Waals surface area contributed by atoms with Gasteiger partial charge in [-0.25, -0.2) is 5.14 Å². The first-order valence-corrected chi connectivity index (χ1v) is 8.70. The van der Waals surface area contributed by atoms with Gasteiger partial charge in [0.15, 0.2) is 0 Å². The first kappa shape index (κ1) is 19.9. The highest BCUT2D eigenvalue weighted by Crippen LogP contribution is 2.34. The van der Waals surface area contributed by atoms with Crippen molar-refractivity contribution >= 4 is 45.8 Å². The van der Waals surface area contributed by atoms with Crippen LogP contribution in [0.5, 0.6) is 0 Å². The molecule has 4 N–H and O–H groups in total. The third kappa shape index (κ3) is 5.21. The minimum absolute atomic E-state index is 0. The lowest BCUT2D eigenvalue weighted by atomic mass is 9.90. The van der Waals surface area contributed by atoms with Gasteiger partial charge in [-0.15, -0.1) is 12.4 Å². The molecule has 2 rings (SSSR count). The van der Waals surface area contributed by atoms with Crippen LogP contribution in [0.4, 0.5) is 0 Å². The fourth-order valence-electron chi connectivity index (χ4n) is 2.27. The van der Waals surface area contributed by atoms with Crippen molar-refractivity contribution in [1.82, 2.24) is 10.0 Å². The molecule has 22 heavy (non-hydrogen) atoms. The van der Waals surface area contributed by atoms with Gasteiger partial charge in [-0.1, -0.05) is 29.3 Å². The maximum Gasteiger partial charge on any atom is 0.274 e. The van der Waals surface area contributed by atoms with Crippen molar-refractivity contribution in [3.05, 3.63) is 33.8 Å². The molecule has 0 aromatic heterocycles. The van der Waals surface area contributed by atoms with E-state index in [9.17, 15) is 8.42 Å². The summed E-state index contributed by atoms with van der Waals surface area (Å²) in [5.74, 6) is 0. The highest BCUT2D eigenvalue weighted by atomic mass is 35.5. The second-order valence-electron chi connectivity index (χ2n) is 4.84. The van der Waals surface area contributed by atoms with Gasteiger partial charge in [-0.05, 0) is 30.7 Å². The molecule has 1 aliphatic rings. The van der Waals surface area contributed by atoms with E-state index in [0.717, 1.165) is 5.56 Å². The molecule has 0 bridgehead atoms. The Morgan fingerprint density at radius 1 is 1.32 bits per heavy atom. The molecule has 1 aromatic rings. The van der Waals surface area contributed by atoms with E-state index in [1.807, 2.05) is 0 Å². The van der Waals surface area contributed by atoms with Crippen LogP contribution in [0.25, 0.3) is 0 Å². The first-order valence-electron chi connectivity index (χ1n) is 6.40. The summed E-state index contributed by atoms with van der Waals surface area (Å²) in [5.41, 5.74) is -0.0683. The summed E-state index contributed by atoms with van der Waals surface area (Å²) in [4.78, 5) is 0. The molecule has 1 aliphatic heterocycles. The average Bonchev–Trinajstić information content (AvgIpc) is 2.65. The number of hydrogen-bond acceptors (Lipinski definition) is 4. The Morgan fingerprint density at radius 2 is 2.05 bits per heavy atom. The van der Waals surface area contributed by atoms with E-state index in [1.54, 1.807) is 18.2 Å². The summed E-state index contributed by atoms with van der Waals surface area (Å²) in [5, 5.41) is 9.05. The molecule has 6 nitrogen and oxygen atoms in total. The van der Waals surface area contributed by atoms with E-state index in [-0.39, 0.29) is 19.0 Å². The largest absolute Gasteiger partial charge is 0.368 e. The van der Waals surface area contributed by atoms with E-state index in [2.05, 4.69) is 10.0 Å². The molecule has 1 saturated heterocycles. The third-order valence-electron chi connectivity index (χ3n) is 3.37. The van der Waals surface area contributed by atoms with Crippen molar-refractivity contribution in [2.75, 3.05) is 26.2 Å². The van der Waals surface area contributed by atoms with Crippen LogP contribution in [0, 0.1) is 0 Å². The van der Waals surface area contributed by atoms with Crippen LogP contribution in [0.1, 0.15) is 12.0 Å². The zero-order valence-corrected chi connectivity index (χ0v) is 14.8. The zero-order valence-electron chi connectivity index (χ0n) is 11.6. The van der Waals surface area contributed by atoms with Crippen LogP contribution < -0.4 is 15.2 Å². The van der Waals surface area contributed by atoms with Gasteiger partial charge in [-0.3, -0.25) is 0 Å². The summed E-state index contributed by atoms with van der Waals surface area (Å²) >= 11 is 12.0. The number of halogens is 3. The normalized spacial score (nSPS) is 22.7. The van der Waals surface area contributed by atoms with Crippen molar-refractivity contribution in [2.45, 2.75) is 12.0 Å². The third-order valence-corrected chi connectivity index (χ3v) is 4.65. The van der Waals surface area contributed by atoms with Crippen LogP contribution in [-0.2, 0) is 20.5 Å². The summed E-state index contributed by atoms with van der Waals surface area (Å²) in [6, 6.07) is 5.14. The summed E-state index contributed by atoms with van der Waals surface area (Å²) in [7, 11) is -3.81. The molecule has 1 atom stereocenters. The van der Waals surface area contributed by atoms with Crippen molar-refractivity contribution in [3.63, 3.8) is 0 Å². The van der Waals surface area contributed by atoms with Crippen molar-refractivity contribution in [3.8, 4) is 0 Å². The molecule has 0 spiro atoms. The van der Waals surface area contributed by atoms with Gasteiger partial charge in [-0.2, -0.15) is 13.1 Å². The van der Waals surface area contributed by atoms with E-state index in [0.29, 0.717) is 36.2 Å². The van der Waals surface area contributed by atoms with Crippen LogP contribution in [0.15, 0.2) is 18.2 Å². The zero-order chi connectivity index (χ0) is 15.5. The minimum Gasteiger partial charge on any atom is -0.368 e. The van der Waals surface area contributed by atoms with Crippen LogP contribution in [0.3, 0.4) is 0 Å². The number of ether oxygens (including phenoxy) is 1. The van der Waals surface area contributed by atoms with E-state index >= 15 is 0 Å². The van der Waals surface area contributed by atoms with Gasteiger partial charge < -0.3 is 10.1 Å². The first-order chi connectivity index (χ1) is 9.82. The molecule has 1 heterocycles. The predicted molar refractivity (Wildman–Crippen MR) is 89.9 cm³/mol. The molecule has 0 amide bonds. The number of benzene rings is 1. The Morgan fingerprint density at radius 3 is 2.68 bits per heavy atom. The van der Waals surface area contributed by atoms with Gasteiger partial charge in [0.2, 0.25) is 0 Å². The lowest BCUT2D eigenvalue weighted by molar-refractivity contribution is -0.0382. The Bertz CT molecular complexity index is 605. The van der Waals surface area contributed by atoms with Gasteiger partial charge in [0.05, 0.1) is 16.7 Å². The molecule has 0 radical (unpaired) electrons. The number of rotatable bonds is 4. The summed E-state index contributed by atoms with van der Waals surface area (Å²) in [6.07, 6.45) is 0.577. The smallest absolute Gasteiger partial charge is 0.274 e. The summed E-state index contributed by atoms with van der Waals surface area (Å²) < 4.78 is 30.6. The SMILES string of the molecule is Cl.NS(=O)(=O)NCC1(c2ccc(Cl)c(Cl)c2)CCNCCO1. The van der Waals surface area contributed by atoms with Crippen molar-refractivity contribution in [2.24, 2.45) is 5.14 Å². The minimum atomic E-state index is -3.81. The number of nitrogens with two attached hydrogens (primary N) is 1. The van der Waals surface area contributed by atoms with Gasteiger partial charge in [0.1, 0.15) is 5.60 Å². The molecule has 1 unspecified atom stereocenters. The second kappa shape index (κ2) is 8.12. The molecular formula is C12H18Cl3N3O3S. The van der Waals surface area contributed by atoms with E-state index < -0.39 is 15.8 Å². The maximum absolute atomic E-state index is 11.2. The van der Waals surface area contributed by atoms with Gasteiger partial charge in [0, 0.05) is 13.1 Å². The Kier molecular flexibility index (Phi) is 7.35. The lowest BCUT2D eigenvalue weighted by Crippen LogP contribution is -2.45. The number of hydrogen-bond donors (Lipinski definition) is 3. The van der Waals surface area contributed by atoms with Gasteiger partial charge in [0.25, 0.3) is 10.2 Å². The highest BCUT2D eigenvalue weighted by Gasteiger charge is 2.35. The van der Waals surface area contributed by atoms with E-state index in [4.69, 9.17) is 33.1 Å². The molecule has 1 fully saturated rings. The van der Waals surface area contributed by atoms with Crippen molar-refractivity contribution < 1.29 is 13.2 Å². The maximum atomic E-state index is 11.2. The molecule has 0 saturated carbocycles. The van der Waals surface area contributed by atoms with E-state index in [1.165, 1.54) is 0 Å². The Labute approximate surface area is 146 Å². The predicted octanol–water partition coefficient (Wildman–Crippen LogP) is 1.41. The lowest BCUT2D eigenvalue weighted by Gasteiger charge is -2.33. The fraction of sp³-hybridized carbons (Fsp3) is 0.500. The molecule has 126 valence electrons. The summed E-state index contributed by atoms with van der Waals surface area (Å²) in [6.45, 7) is 1.86. The quantitative estimate of drug-likeness (QED) is 0.724. The van der Waals surface area contributed by atoms with Crippen LogP contribution in [0.2, 0.25) is 10.0 Å². The molecular weight excluding hydrogens is 373 g/mol. The Hall–Kier alpha value is -0.120. The Balaban J connectivity index is 0.00000242. The number of nitrogens with one attached hydrogen (secondary N) is 2. The van der Waals surface area contributed by atoms with Crippen molar-refractivity contribution in [1.29, 1.82) is 0 Å². The standard InChI is InChI=1S/C12H17Cl2N3O3S.ClH/c13-10-2-1-9(7-11(10)14)12(8-17-21(15,18)19)3-4-16-5-6-20-12;/h1-2,7,16-17H,3-6,8H2,(H2,15,18,19);1H. The molecule has 10 heteroatoms. The monoisotopic (exact) mass is 389 g/mol. The van der Waals surface area contributed by atoms with Gasteiger partial charge >= 0.3 is 0 Å². The van der Waals surface area contributed by atoms with Crippen LogP contribution >= 0.6 is 35.6 Å². The topological polar surface area (TPSA) is 93.5 Å². The molecule has 0 aliphatic carbocycles. The fourth-order valence-corrected chi connectivity index (χ4v) is 3.00. The molecule has 1 aromatic carbocycles. The second-order valence-corrected chi connectivity index (χ2v) is 7.03. The average molecular weight is 391 g/mol. The van der Waals surface area contributed by atoms with Crippen LogP contribution in [-0.4, -0.2) is 34.7 Å².